The van der Waals surface area contributed by atoms with Crippen LogP contribution in [-0.4, -0.2) is 21.4 Å². The summed E-state index contributed by atoms with van der Waals surface area (Å²) in [4.78, 5) is 13.5. The highest BCUT2D eigenvalue weighted by Gasteiger charge is 2.30. The van der Waals surface area contributed by atoms with Gasteiger partial charge in [0.25, 0.3) is 15.9 Å². The van der Waals surface area contributed by atoms with Crippen molar-refractivity contribution in [2.75, 3.05) is 11.4 Å². The molecular weight excluding hydrogens is 498 g/mol. The SMILES string of the molecule is COc1cc(/C=C/C(=O)N(c2cc(C)ccc2C)S(=O)(=O)c2ccccc2)ccc1OCc1ccccc1. The number of amides is 1. The zero-order chi connectivity index (χ0) is 27.1. The van der Waals surface area contributed by atoms with Gasteiger partial charge in [0.2, 0.25) is 0 Å². The predicted octanol–water partition coefficient (Wildman–Crippen LogP) is 6.33. The van der Waals surface area contributed by atoms with E-state index in [9.17, 15) is 13.2 Å². The normalized spacial score (nSPS) is 11.3. The van der Waals surface area contributed by atoms with Gasteiger partial charge in [-0.3, -0.25) is 4.79 Å². The topological polar surface area (TPSA) is 72.9 Å². The van der Waals surface area contributed by atoms with E-state index in [1.165, 1.54) is 25.3 Å². The molecule has 0 aliphatic carbocycles. The number of carbonyl (C=O) groups excluding carboxylic acids is 1. The Morgan fingerprint density at radius 2 is 1.53 bits per heavy atom. The lowest BCUT2D eigenvalue weighted by atomic mass is 10.1. The van der Waals surface area contributed by atoms with Crippen LogP contribution in [0.15, 0.2) is 108 Å². The Labute approximate surface area is 223 Å². The Morgan fingerprint density at radius 1 is 0.842 bits per heavy atom. The molecule has 0 bridgehead atoms. The third-order valence-electron chi connectivity index (χ3n) is 5.91. The van der Waals surface area contributed by atoms with Gasteiger partial charge in [-0.25, -0.2) is 8.42 Å². The molecule has 0 aliphatic heterocycles. The number of nitrogens with zero attached hydrogens (tertiary/aromatic N) is 1. The minimum Gasteiger partial charge on any atom is -0.493 e. The summed E-state index contributed by atoms with van der Waals surface area (Å²) in [6.45, 7) is 4.01. The van der Waals surface area contributed by atoms with Crippen molar-refractivity contribution in [2.24, 2.45) is 0 Å². The number of hydrogen-bond donors (Lipinski definition) is 0. The van der Waals surface area contributed by atoms with E-state index in [2.05, 4.69) is 0 Å². The van der Waals surface area contributed by atoms with Crippen molar-refractivity contribution >= 4 is 27.7 Å². The van der Waals surface area contributed by atoms with Crippen LogP contribution < -0.4 is 13.8 Å². The van der Waals surface area contributed by atoms with Gasteiger partial charge < -0.3 is 9.47 Å². The molecule has 0 radical (unpaired) electrons. The fraction of sp³-hybridized carbons (Fsp3) is 0.129. The van der Waals surface area contributed by atoms with Crippen molar-refractivity contribution in [3.63, 3.8) is 0 Å². The van der Waals surface area contributed by atoms with Crippen LogP contribution in [0.3, 0.4) is 0 Å². The van der Waals surface area contributed by atoms with Crippen LogP contribution in [0.5, 0.6) is 11.5 Å². The summed E-state index contributed by atoms with van der Waals surface area (Å²) in [5.74, 6) is 0.369. The fourth-order valence-corrected chi connectivity index (χ4v) is 5.35. The maximum atomic E-state index is 13.6. The lowest BCUT2D eigenvalue weighted by Gasteiger charge is -2.23. The van der Waals surface area contributed by atoms with Gasteiger partial charge in [-0.05, 0) is 72.5 Å². The van der Waals surface area contributed by atoms with Crippen LogP contribution in [0, 0.1) is 13.8 Å². The van der Waals surface area contributed by atoms with Gasteiger partial charge in [0.05, 0.1) is 17.7 Å². The lowest BCUT2D eigenvalue weighted by Crippen LogP contribution is -2.36. The van der Waals surface area contributed by atoms with Gasteiger partial charge in [0.15, 0.2) is 11.5 Å². The first-order valence-electron chi connectivity index (χ1n) is 12.0. The van der Waals surface area contributed by atoms with Crippen molar-refractivity contribution in [2.45, 2.75) is 25.3 Å². The lowest BCUT2D eigenvalue weighted by molar-refractivity contribution is -0.113. The van der Waals surface area contributed by atoms with E-state index in [4.69, 9.17) is 9.47 Å². The second-order valence-electron chi connectivity index (χ2n) is 8.73. The van der Waals surface area contributed by atoms with Crippen LogP contribution in [0.4, 0.5) is 5.69 Å². The number of rotatable bonds is 9. The van der Waals surface area contributed by atoms with Crippen LogP contribution in [0.25, 0.3) is 6.08 Å². The fourth-order valence-electron chi connectivity index (χ4n) is 3.88. The predicted molar refractivity (Wildman–Crippen MR) is 150 cm³/mol. The summed E-state index contributed by atoms with van der Waals surface area (Å²) in [6.07, 6.45) is 2.81. The van der Waals surface area contributed by atoms with Gasteiger partial charge in [0.1, 0.15) is 6.61 Å². The van der Waals surface area contributed by atoms with Crippen LogP contribution in [-0.2, 0) is 21.4 Å². The summed E-state index contributed by atoms with van der Waals surface area (Å²) in [6, 6.07) is 28.4. The Bertz CT molecular complexity index is 1550. The number of anilines is 1. The van der Waals surface area contributed by atoms with Crippen molar-refractivity contribution in [1.29, 1.82) is 0 Å². The van der Waals surface area contributed by atoms with Crippen molar-refractivity contribution in [3.05, 3.63) is 125 Å². The van der Waals surface area contributed by atoms with Crippen LogP contribution in [0.2, 0.25) is 0 Å². The highest BCUT2D eigenvalue weighted by molar-refractivity contribution is 7.93. The molecule has 38 heavy (non-hydrogen) atoms. The maximum absolute atomic E-state index is 13.6. The average molecular weight is 528 g/mol. The van der Waals surface area contributed by atoms with E-state index < -0.39 is 15.9 Å². The molecule has 6 nitrogen and oxygen atoms in total. The third-order valence-corrected chi connectivity index (χ3v) is 7.63. The number of benzene rings is 4. The molecule has 0 aromatic heterocycles. The molecule has 4 aromatic carbocycles. The first-order valence-corrected chi connectivity index (χ1v) is 13.5. The number of sulfonamides is 1. The molecule has 0 fully saturated rings. The molecule has 0 spiro atoms. The van der Waals surface area contributed by atoms with Crippen LogP contribution in [0.1, 0.15) is 22.3 Å². The van der Waals surface area contributed by atoms with E-state index in [0.717, 1.165) is 15.4 Å². The number of methoxy groups -OCH3 is 1. The molecule has 0 atom stereocenters. The van der Waals surface area contributed by atoms with Gasteiger partial charge in [-0.15, -0.1) is 0 Å². The molecule has 0 saturated carbocycles. The average Bonchev–Trinajstić information content (AvgIpc) is 2.94. The molecule has 4 rings (SSSR count). The summed E-state index contributed by atoms with van der Waals surface area (Å²) >= 11 is 0. The third kappa shape index (κ3) is 6.12. The van der Waals surface area contributed by atoms with E-state index in [1.54, 1.807) is 61.5 Å². The largest absolute Gasteiger partial charge is 0.493 e. The molecule has 4 aromatic rings. The summed E-state index contributed by atoms with van der Waals surface area (Å²) in [7, 11) is -2.62. The molecular formula is C31H29NO5S. The Morgan fingerprint density at radius 3 is 2.21 bits per heavy atom. The van der Waals surface area contributed by atoms with Crippen molar-refractivity contribution in [3.8, 4) is 11.5 Å². The van der Waals surface area contributed by atoms with E-state index >= 15 is 0 Å². The standard InChI is InChI=1S/C31H29NO5S/c1-23-14-15-24(2)28(20-23)32(38(34,35)27-12-8-5-9-13-27)31(33)19-17-25-16-18-29(30(21-25)36-3)37-22-26-10-6-4-7-11-26/h4-21H,22H2,1-3H3/b19-17+. The highest BCUT2D eigenvalue weighted by Crippen LogP contribution is 2.31. The molecule has 0 N–H and O–H groups in total. The van der Waals surface area contributed by atoms with Gasteiger partial charge in [-0.2, -0.15) is 4.31 Å². The number of hydrogen-bond acceptors (Lipinski definition) is 5. The van der Waals surface area contributed by atoms with Crippen molar-refractivity contribution in [1.82, 2.24) is 0 Å². The maximum Gasteiger partial charge on any atom is 0.271 e. The quantitative estimate of drug-likeness (QED) is 0.238. The minimum atomic E-state index is -4.16. The first kappa shape index (κ1) is 26.7. The smallest absolute Gasteiger partial charge is 0.271 e. The molecule has 1 amide bonds. The zero-order valence-corrected chi connectivity index (χ0v) is 22.3. The number of ether oxygens (including phenoxy) is 2. The number of carbonyl (C=O) groups is 1. The molecule has 0 unspecified atom stereocenters. The molecule has 0 saturated heterocycles. The summed E-state index contributed by atoms with van der Waals surface area (Å²) < 4.78 is 39.5. The van der Waals surface area contributed by atoms with Gasteiger partial charge in [0, 0.05) is 6.08 Å². The van der Waals surface area contributed by atoms with Crippen LogP contribution >= 0.6 is 0 Å². The Kier molecular flexibility index (Phi) is 8.28. The Balaban J connectivity index is 1.63. The van der Waals surface area contributed by atoms with Crippen molar-refractivity contribution < 1.29 is 22.7 Å². The highest BCUT2D eigenvalue weighted by atomic mass is 32.2. The molecule has 0 heterocycles. The summed E-state index contributed by atoms with van der Waals surface area (Å²) in [5.41, 5.74) is 3.49. The van der Waals surface area contributed by atoms with E-state index in [0.29, 0.717) is 34.9 Å². The summed E-state index contributed by atoms with van der Waals surface area (Å²) in [5, 5.41) is 0. The molecule has 194 valence electrons. The monoisotopic (exact) mass is 527 g/mol. The zero-order valence-electron chi connectivity index (χ0n) is 21.5. The first-order chi connectivity index (χ1) is 18.3. The molecule has 0 aliphatic rings. The van der Waals surface area contributed by atoms with E-state index in [-0.39, 0.29) is 4.90 Å². The molecule has 7 heteroatoms. The second kappa shape index (κ2) is 11.8. The van der Waals surface area contributed by atoms with Gasteiger partial charge in [-0.1, -0.05) is 66.7 Å². The minimum absolute atomic E-state index is 0.0317. The van der Waals surface area contributed by atoms with Gasteiger partial charge >= 0.3 is 0 Å². The number of aryl methyl sites for hydroxylation is 2. The Hall–Kier alpha value is -4.36. The van der Waals surface area contributed by atoms with E-state index in [1.807, 2.05) is 43.3 Å². The second-order valence-corrected chi connectivity index (χ2v) is 10.5.